The lowest BCUT2D eigenvalue weighted by atomic mass is 10.2. The first-order chi connectivity index (χ1) is 15.8. The van der Waals surface area contributed by atoms with Crippen molar-refractivity contribution in [2.75, 3.05) is 44.8 Å². The Labute approximate surface area is 198 Å². The molecule has 33 heavy (non-hydrogen) atoms. The van der Waals surface area contributed by atoms with Crippen molar-refractivity contribution in [3.8, 4) is 5.75 Å². The van der Waals surface area contributed by atoms with E-state index in [1.165, 1.54) is 16.4 Å². The van der Waals surface area contributed by atoms with Gasteiger partial charge in [-0.05, 0) is 49.4 Å². The van der Waals surface area contributed by atoms with Crippen LogP contribution < -0.4 is 15.4 Å². The second-order valence-corrected chi connectivity index (χ2v) is 9.51. The van der Waals surface area contributed by atoms with E-state index in [1.807, 2.05) is 0 Å². The molecule has 1 saturated heterocycles. The van der Waals surface area contributed by atoms with Crippen molar-refractivity contribution in [2.24, 2.45) is 0 Å². The van der Waals surface area contributed by atoms with E-state index in [0.717, 1.165) is 0 Å². The third-order valence-electron chi connectivity index (χ3n) is 4.86. The minimum absolute atomic E-state index is 0.0120. The van der Waals surface area contributed by atoms with E-state index < -0.39 is 10.0 Å². The summed E-state index contributed by atoms with van der Waals surface area (Å²) in [6.07, 6.45) is 0.0120. The molecule has 178 valence electrons. The molecule has 0 radical (unpaired) electrons. The fraction of sp³-hybridized carbons (Fsp3) is 0.364. The number of nitrogens with one attached hydrogen (secondary N) is 2. The molecule has 3 rings (SSSR count). The zero-order chi connectivity index (χ0) is 23.8. The molecule has 11 heteroatoms. The average molecular weight is 496 g/mol. The van der Waals surface area contributed by atoms with Gasteiger partial charge in [0.1, 0.15) is 10.6 Å². The van der Waals surface area contributed by atoms with Crippen LogP contribution in [0, 0.1) is 0 Å². The molecule has 1 aliphatic rings. The third-order valence-corrected chi connectivity index (χ3v) is 7.03. The van der Waals surface area contributed by atoms with Crippen molar-refractivity contribution >= 4 is 39.1 Å². The summed E-state index contributed by atoms with van der Waals surface area (Å²) >= 11 is 5.81. The molecule has 0 unspecified atom stereocenters. The van der Waals surface area contributed by atoms with Crippen molar-refractivity contribution < 1.29 is 27.5 Å². The number of hydrogen-bond donors (Lipinski definition) is 2. The number of carbonyl (C=O) groups excluding carboxylic acids is 2. The topological polar surface area (TPSA) is 114 Å². The Kier molecular flexibility index (Phi) is 8.67. The number of sulfonamides is 1. The molecule has 0 aromatic heterocycles. The molecule has 0 aliphatic carbocycles. The fourth-order valence-electron chi connectivity index (χ4n) is 3.20. The molecule has 2 amide bonds. The highest BCUT2D eigenvalue weighted by Gasteiger charge is 2.29. The summed E-state index contributed by atoms with van der Waals surface area (Å²) < 4.78 is 38.4. The highest BCUT2D eigenvalue weighted by Crippen LogP contribution is 2.30. The Morgan fingerprint density at radius 1 is 1.12 bits per heavy atom. The minimum Gasteiger partial charge on any atom is -0.492 e. The number of amides is 2. The molecule has 0 saturated carbocycles. The van der Waals surface area contributed by atoms with Gasteiger partial charge < -0.3 is 20.1 Å². The molecular formula is C22H26ClN3O6S. The summed E-state index contributed by atoms with van der Waals surface area (Å²) in [5, 5.41) is 5.86. The maximum atomic E-state index is 13.1. The van der Waals surface area contributed by atoms with Gasteiger partial charge in [-0.3, -0.25) is 9.59 Å². The number of halogens is 1. The summed E-state index contributed by atoms with van der Waals surface area (Å²) in [6, 6.07) is 10.9. The smallest absolute Gasteiger partial charge is 0.251 e. The highest BCUT2D eigenvalue weighted by atomic mass is 35.5. The largest absolute Gasteiger partial charge is 0.492 e. The van der Waals surface area contributed by atoms with Gasteiger partial charge in [0.05, 0.1) is 19.8 Å². The number of carbonyl (C=O) groups is 2. The molecule has 2 aromatic rings. The van der Waals surface area contributed by atoms with E-state index in [1.54, 1.807) is 37.3 Å². The second kappa shape index (κ2) is 11.5. The minimum atomic E-state index is -3.82. The van der Waals surface area contributed by atoms with E-state index in [9.17, 15) is 18.0 Å². The lowest BCUT2D eigenvalue weighted by Crippen LogP contribution is -2.40. The van der Waals surface area contributed by atoms with Crippen molar-refractivity contribution in [3.63, 3.8) is 0 Å². The first kappa shape index (κ1) is 25.0. The Hall–Kier alpha value is -2.66. The van der Waals surface area contributed by atoms with E-state index in [2.05, 4.69) is 10.6 Å². The molecule has 0 atom stereocenters. The van der Waals surface area contributed by atoms with Crippen LogP contribution in [0.1, 0.15) is 23.7 Å². The molecule has 9 nitrogen and oxygen atoms in total. The van der Waals surface area contributed by atoms with E-state index in [4.69, 9.17) is 21.1 Å². The van der Waals surface area contributed by atoms with Crippen LogP contribution in [0.4, 0.5) is 5.69 Å². The Balaban J connectivity index is 1.64. The monoisotopic (exact) mass is 495 g/mol. The van der Waals surface area contributed by atoms with Gasteiger partial charge in [0.2, 0.25) is 15.9 Å². The molecule has 2 N–H and O–H groups in total. The van der Waals surface area contributed by atoms with Gasteiger partial charge in [-0.1, -0.05) is 11.6 Å². The van der Waals surface area contributed by atoms with Gasteiger partial charge in [-0.15, -0.1) is 0 Å². The van der Waals surface area contributed by atoms with Gasteiger partial charge in [-0.25, -0.2) is 8.42 Å². The predicted molar refractivity (Wildman–Crippen MR) is 124 cm³/mol. The van der Waals surface area contributed by atoms with Crippen LogP contribution in [0.3, 0.4) is 0 Å². The van der Waals surface area contributed by atoms with Crippen LogP contribution >= 0.6 is 11.6 Å². The van der Waals surface area contributed by atoms with Crippen LogP contribution in [0.25, 0.3) is 0 Å². The van der Waals surface area contributed by atoms with Crippen molar-refractivity contribution in [3.05, 3.63) is 53.1 Å². The van der Waals surface area contributed by atoms with E-state index in [-0.39, 0.29) is 48.5 Å². The SMILES string of the molecule is CCOc1ccc(NC(=O)CCNC(=O)c2ccc(Cl)cc2)cc1S(=O)(=O)N1CCOCC1. The van der Waals surface area contributed by atoms with Gasteiger partial charge in [0.15, 0.2) is 0 Å². The normalized spacial score (nSPS) is 14.5. The van der Waals surface area contributed by atoms with Gasteiger partial charge >= 0.3 is 0 Å². The van der Waals surface area contributed by atoms with Gasteiger partial charge in [0, 0.05) is 42.3 Å². The highest BCUT2D eigenvalue weighted by molar-refractivity contribution is 7.89. The summed E-state index contributed by atoms with van der Waals surface area (Å²) in [5.74, 6) is -0.470. The molecule has 0 spiro atoms. The van der Waals surface area contributed by atoms with Crippen molar-refractivity contribution in [1.82, 2.24) is 9.62 Å². The summed E-state index contributed by atoms with van der Waals surface area (Å²) in [6.45, 7) is 3.31. The standard InChI is InChI=1S/C22H26ClN3O6S/c1-2-32-19-8-7-18(15-20(19)33(29,30)26-11-13-31-14-12-26)25-21(27)9-10-24-22(28)16-3-5-17(23)6-4-16/h3-8,15H,2,9-14H2,1H3,(H,24,28)(H,25,27). The number of ether oxygens (including phenoxy) is 2. The first-order valence-corrected chi connectivity index (χ1v) is 12.3. The van der Waals surface area contributed by atoms with Crippen LogP contribution in [-0.2, 0) is 19.6 Å². The number of nitrogens with zero attached hydrogens (tertiary/aromatic N) is 1. The first-order valence-electron chi connectivity index (χ1n) is 10.5. The zero-order valence-corrected chi connectivity index (χ0v) is 19.7. The van der Waals surface area contributed by atoms with Crippen molar-refractivity contribution in [2.45, 2.75) is 18.2 Å². The summed E-state index contributed by atoms with van der Waals surface area (Å²) in [7, 11) is -3.82. The zero-order valence-electron chi connectivity index (χ0n) is 18.2. The maximum Gasteiger partial charge on any atom is 0.251 e. The molecule has 0 bridgehead atoms. The number of hydrogen-bond acceptors (Lipinski definition) is 6. The number of benzene rings is 2. The number of anilines is 1. The lowest BCUT2D eigenvalue weighted by Gasteiger charge is -2.27. The van der Waals surface area contributed by atoms with Crippen LogP contribution in [0.2, 0.25) is 5.02 Å². The molecule has 1 fully saturated rings. The molecular weight excluding hydrogens is 470 g/mol. The van der Waals surface area contributed by atoms with Gasteiger partial charge in [0.25, 0.3) is 5.91 Å². The van der Waals surface area contributed by atoms with Crippen LogP contribution in [0.15, 0.2) is 47.4 Å². The summed E-state index contributed by atoms with van der Waals surface area (Å²) in [4.78, 5) is 24.5. The number of rotatable bonds is 9. The van der Waals surface area contributed by atoms with Crippen molar-refractivity contribution in [1.29, 1.82) is 0 Å². The lowest BCUT2D eigenvalue weighted by molar-refractivity contribution is -0.116. The molecule has 1 heterocycles. The second-order valence-electron chi connectivity index (χ2n) is 7.17. The molecule has 2 aromatic carbocycles. The molecule has 1 aliphatic heterocycles. The Morgan fingerprint density at radius 3 is 2.48 bits per heavy atom. The summed E-state index contributed by atoms with van der Waals surface area (Å²) in [5.41, 5.74) is 0.753. The van der Waals surface area contributed by atoms with Crippen LogP contribution in [-0.4, -0.2) is 64.0 Å². The van der Waals surface area contributed by atoms with E-state index >= 15 is 0 Å². The third kappa shape index (κ3) is 6.67. The van der Waals surface area contributed by atoms with Crippen LogP contribution in [0.5, 0.6) is 5.75 Å². The van der Waals surface area contributed by atoms with E-state index in [0.29, 0.717) is 36.1 Å². The average Bonchev–Trinajstić information content (AvgIpc) is 2.81. The van der Waals surface area contributed by atoms with Gasteiger partial charge in [-0.2, -0.15) is 4.31 Å². The Bertz CT molecular complexity index is 1090. The maximum absolute atomic E-state index is 13.1. The fourth-order valence-corrected chi connectivity index (χ4v) is 4.90. The predicted octanol–water partition coefficient (Wildman–Crippen LogP) is 2.52. The quantitative estimate of drug-likeness (QED) is 0.552. The number of morpholine rings is 1. The Morgan fingerprint density at radius 2 is 1.82 bits per heavy atom.